The van der Waals surface area contributed by atoms with Gasteiger partial charge in [-0.15, -0.1) is 0 Å². The maximum absolute atomic E-state index is 15.0. The Balaban J connectivity index is 1.66. The van der Waals surface area contributed by atoms with Gasteiger partial charge in [0, 0.05) is 30.7 Å². The summed E-state index contributed by atoms with van der Waals surface area (Å²) >= 11 is 0. The van der Waals surface area contributed by atoms with Gasteiger partial charge < -0.3 is 15.4 Å². The molecule has 1 amide bonds. The van der Waals surface area contributed by atoms with Crippen LogP contribution >= 0.6 is 0 Å². The lowest BCUT2D eigenvalue weighted by Gasteiger charge is -2.24. The number of rotatable bonds is 8. The summed E-state index contributed by atoms with van der Waals surface area (Å²) in [4.78, 5) is 21.5. The normalized spacial score (nSPS) is 14.6. The molecule has 36 heavy (non-hydrogen) atoms. The zero-order valence-electron chi connectivity index (χ0n) is 19.3. The van der Waals surface area contributed by atoms with E-state index in [1.54, 1.807) is 19.1 Å². The van der Waals surface area contributed by atoms with Crippen LogP contribution in [0.1, 0.15) is 36.5 Å². The predicted octanol–water partition coefficient (Wildman–Crippen LogP) is 4.04. The molecule has 1 aliphatic rings. The largest absolute Gasteiger partial charge is 0.381 e. The van der Waals surface area contributed by atoms with Crippen molar-refractivity contribution in [3.05, 3.63) is 53.6 Å². The molecule has 0 spiro atoms. The van der Waals surface area contributed by atoms with E-state index in [0.29, 0.717) is 30.5 Å². The van der Waals surface area contributed by atoms with Crippen LogP contribution in [-0.4, -0.2) is 49.3 Å². The van der Waals surface area contributed by atoms with Gasteiger partial charge in [0.25, 0.3) is 5.91 Å². The molecule has 3 aromatic rings. The smallest absolute Gasteiger partial charge is 0.258 e. The number of benzene rings is 2. The summed E-state index contributed by atoms with van der Waals surface area (Å²) in [6.45, 7) is 2.80. The lowest BCUT2D eigenvalue weighted by molar-refractivity contribution is 0.0904. The molecule has 1 aromatic heterocycles. The van der Waals surface area contributed by atoms with E-state index in [-0.39, 0.29) is 29.3 Å². The average Bonchev–Trinajstić information content (AvgIpc) is 2.85. The lowest BCUT2D eigenvalue weighted by atomic mass is 10.1. The van der Waals surface area contributed by atoms with Crippen LogP contribution in [0, 0.1) is 17.5 Å². The predicted molar refractivity (Wildman–Crippen MR) is 129 cm³/mol. The van der Waals surface area contributed by atoms with Crippen LogP contribution in [0.3, 0.4) is 0 Å². The van der Waals surface area contributed by atoms with Gasteiger partial charge in [-0.05, 0) is 31.4 Å². The molecule has 13 heteroatoms. The minimum absolute atomic E-state index is 0.0406. The number of halogens is 3. The van der Waals surface area contributed by atoms with Crippen molar-refractivity contribution in [3.63, 3.8) is 0 Å². The molecule has 0 unspecified atom stereocenters. The number of carbonyl (C=O) groups excluding carboxylic acids is 1. The van der Waals surface area contributed by atoms with Crippen LogP contribution in [-0.2, 0) is 14.8 Å². The highest BCUT2D eigenvalue weighted by Gasteiger charge is 2.25. The first kappa shape index (κ1) is 25.6. The number of hydrogen-bond donors (Lipinski definition) is 3. The van der Waals surface area contributed by atoms with Gasteiger partial charge in [0.05, 0.1) is 22.5 Å². The number of para-hydroxylation sites is 1. The van der Waals surface area contributed by atoms with E-state index in [2.05, 4.69) is 15.3 Å². The van der Waals surface area contributed by atoms with Crippen molar-refractivity contribution in [2.45, 2.75) is 32.2 Å². The molecule has 1 saturated heterocycles. The van der Waals surface area contributed by atoms with Gasteiger partial charge in [-0.25, -0.2) is 31.6 Å². The van der Waals surface area contributed by atoms with Gasteiger partial charge in [0.2, 0.25) is 10.0 Å². The van der Waals surface area contributed by atoms with Gasteiger partial charge in [0.1, 0.15) is 17.8 Å². The standard InChI is InChI=1S/C23H24F3N5O4S/c1-2-10-36(33,34)31-17-11-16(24)18(25)21(19(17)26)30-23(32)15-5-3-4-14-20(15)27-12-28-22(14)29-13-6-8-35-9-7-13/h3-5,11-13,31H,2,6-10H2,1H3,(H,30,32)(H,27,28,29). The number of fused-ring (bicyclic) bond motifs is 1. The number of nitrogens with one attached hydrogen (secondary N) is 3. The van der Waals surface area contributed by atoms with Crippen LogP contribution in [0.5, 0.6) is 0 Å². The van der Waals surface area contributed by atoms with Gasteiger partial charge in [-0.2, -0.15) is 0 Å². The summed E-state index contributed by atoms with van der Waals surface area (Å²) < 4.78 is 75.0. The maximum atomic E-state index is 15.0. The van der Waals surface area contributed by atoms with Gasteiger partial charge >= 0.3 is 0 Å². The van der Waals surface area contributed by atoms with Crippen LogP contribution in [0.25, 0.3) is 10.9 Å². The summed E-state index contributed by atoms with van der Waals surface area (Å²) in [5.74, 6) is -5.51. The van der Waals surface area contributed by atoms with E-state index in [1.165, 1.54) is 12.4 Å². The third kappa shape index (κ3) is 5.51. The number of carbonyl (C=O) groups is 1. The van der Waals surface area contributed by atoms with Crippen LogP contribution in [0.4, 0.5) is 30.4 Å². The lowest BCUT2D eigenvalue weighted by Crippen LogP contribution is -2.28. The summed E-state index contributed by atoms with van der Waals surface area (Å²) in [6, 6.07) is 5.13. The molecule has 4 rings (SSSR count). The van der Waals surface area contributed by atoms with Crippen molar-refractivity contribution in [1.82, 2.24) is 9.97 Å². The quantitative estimate of drug-likeness (QED) is 0.381. The molecular formula is C23H24F3N5O4S. The second kappa shape index (κ2) is 10.7. The second-order valence-electron chi connectivity index (χ2n) is 8.24. The number of amides is 1. The Morgan fingerprint density at radius 2 is 1.89 bits per heavy atom. The van der Waals surface area contributed by atoms with Crippen LogP contribution in [0.15, 0.2) is 30.6 Å². The highest BCUT2D eigenvalue weighted by molar-refractivity contribution is 7.92. The van der Waals surface area contributed by atoms with E-state index in [9.17, 15) is 22.0 Å². The summed E-state index contributed by atoms with van der Waals surface area (Å²) in [6.07, 6.45) is 3.02. The SMILES string of the molecule is CCCS(=O)(=O)Nc1cc(F)c(F)c(NC(=O)c2cccc3c(NC4CCOCC4)ncnc23)c1F. The molecule has 0 bridgehead atoms. The zero-order chi connectivity index (χ0) is 25.9. The van der Waals surface area contributed by atoms with Gasteiger partial charge in [-0.3, -0.25) is 9.52 Å². The maximum Gasteiger partial charge on any atom is 0.258 e. The van der Waals surface area contributed by atoms with Crippen molar-refractivity contribution >= 4 is 44.0 Å². The Hall–Kier alpha value is -3.45. The first-order chi connectivity index (χ1) is 17.2. The monoisotopic (exact) mass is 523 g/mol. The molecule has 0 aliphatic carbocycles. The fraction of sp³-hybridized carbons (Fsp3) is 0.348. The zero-order valence-corrected chi connectivity index (χ0v) is 20.1. The third-order valence-corrected chi connectivity index (χ3v) is 7.08. The molecule has 192 valence electrons. The van der Waals surface area contributed by atoms with E-state index in [4.69, 9.17) is 4.74 Å². The van der Waals surface area contributed by atoms with Crippen molar-refractivity contribution in [3.8, 4) is 0 Å². The molecule has 9 nitrogen and oxygen atoms in total. The van der Waals surface area contributed by atoms with E-state index < -0.39 is 44.8 Å². The van der Waals surface area contributed by atoms with Crippen LogP contribution < -0.4 is 15.4 Å². The highest BCUT2D eigenvalue weighted by atomic mass is 32.2. The Morgan fingerprint density at radius 1 is 1.14 bits per heavy atom. The number of nitrogens with zero attached hydrogens (tertiary/aromatic N) is 2. The molecule has 1 aliphatic heterocycles. The van der Waals surface area contributed by atoms with Crippen molar-refractivity contribution in [1.29, 1.82) is 0 Å². The Bertz CT molecular complexity index is 1400. The number of hydrogen-bond acceptors (Lipinski definition) is 7. The number of aromatic nitrogens is 2. The van der Waals surface area contributed by atoms with Crippen LogP contribution in [0.2, 0.25) is 0 Å². The molecular weight excluding hydrogens is 499 g/mol. The van der Waals surface area contributed by atoms with E-state index >= 15 is 4.39 Å². The number of anilines is 3. The molecule has 2 aromatic carbocycles. The fourth-order valence-corrected chi connectivity index (χ4v) is 5.00. The second-order valence-corrected chi connectivity index (χ2v) is 10.1. The molecule has 0 radical (unpaired) electrons. The van der Waals surface area contributed by atoms with Crippen molar-refractivity contribution < 1.29 is 31.1 Å². The average molecular weight is 524 g/mol. The summed E-state index contributed by atoms with van der Waals surface area (Å²) in [7, 11) is -4.00. The topological polar surface area (TPSA) is 122 Å². The van der Waals surface area contributed by atoms with E-state index in [0.717, 1.165) is 12.8 Å². The first-order valence-electron chi connectivity index (χ1n) is 11.3. The Labute approximate surface area is 205 Å². The summed E-state index contributed by atoms with van der Waals surface area (Å²) in [5.41, 5.74) is -1.77. The Morgan fingerprint density at radius 3 is 2.61 bits per heavy atom. The third-order valence-electron chi connectivity index (χ3n) is 5.60. The molecule has 0 atom stereocenters. The number of sulfonamides is 1. The first-order valence-corrected chi connectivity index (χ1v) is 12.9. The minimum atomic E-state index is -4.00. The van der Waals surface area contributed by atoms with Gasteiger partial charge in [0.15, 0.2) is 17.5 Å². The molecule has 0 saturated carbocycles. The molecule has 1 fully saturated rings. The number of ether oxygens (including phenoxy) is 1. The van der Waals surface area contributed by atoms with Crippen molar-refractivity contribution in [2.75, 3.05) is 34.3 Å². The highest BCUT2D eigenvalue weighted by Crippen LogP contribution is 2.31. The minimum Gasteiger partial charge on any atom is -0.381 e. The molecule has 2 heterocycles. The fourth-order valence-electron chi connectivity index (χ4n) is 3.88. The van der Waals surface area contributed by atoms with E-state index in [1.807, 2.05) is 10.0 Å². The summed E-state index contributed by atoms with van der Waals surface area (Å²) in [5, 5.41) is 5.84. The molecule has 3 N–H and O–H groups in total. The van der Waals surface area contributed by atoms with Crippen molar-refractivity contribution in [2.24, 2.45) is 0 Å². The van der Waals surface area contributed by atoms with Gasteiger partial charge in [-0.1, -0.05) is 13.0 Å². The Kier molecular flexibility index (Phi) is 7.59.